The Morgan fingerprint density at radius 3 is 2.77 bits per heavy atom. The zero-order valence-corrected chi connectivity index (χ0v) is 15.2. The molecule has 7 nitrogen and oxygen atoms in total. The summed E-state index contributed by atoms with van der Waals surface area (Å²) in [5.41, 5.74) is 2.77. The minimum Gasteiger partial charge on any atom is -0.357 e. The number of aromatic nitrogens is 3. The summed E-state index contributed by atoms with van der Waals surface area (Å²) < 4.78 is 0. The van der Waals surface area contributed by atoms with E-state index in [2.05, 4.69) is 25.4 Å². The van der Waals surface area contributed by atoms with Gasteiger partial charge in [0.2, 0.25) is 0 Å². The number of aromatic amines is 1. The topological polar surface area (TPSA) is 77.2 Å². The number of hydrogen-bond acceptors (Lipinski definition) is 4. The fourth-order valence-corrected chi connectivity index (χ4v) is 3.91. The van der Waals surface area contributed by atoms with Crippen LogP contribution in [0.3, 0.4) is 0 Å². The van der Waals surface area contributed by atoms with Gasteiger partial charge >= 0.3 is 6.03 Å². The number of amides is 2. The quantitative estimate of drug-likeness (QED) is 0.888. The Hall–Kier alpha value is -2.57. The van der Waals surface area contributed by atoms with E-state index in [1.165, 1.54) is 12.8 Å². The van der Waals surface area contributed by atoms with E-state index >= 15 is 0 Å². The van der Waals surface area contributed by atoms with Crippen LogP contribution >= 0.6 is 0 Å². The smallest absolute Gasteiger partial charge is 0.321 e. The zero-order valence-electron chi connectivity index (χ0n) is 15.2. The highest BCUT2D eigenvalue weighted by Gasteiger charge is 2.26. The first-order valence-corrected chi connectivity index (χ1v) is 9.48. The average molecular weight is 354 g/mol. The molecule has 2 N–H and O–H groups in total. The number of aryl methyl sites for hydroxylation is 1. The van der Waals surface area contributed by atoms with Crippen molar-refractivity contribution in [3.63, 3.8) is 0 Å². The maximum Gasteiger partial charge on any atom is 0.321 e. The van der Waals surface area contributed by atoms with Gasteiger partial charge in [-0.15, -0.1) is 0 Å². The predicted molar refractivity (Wildman–Crippen MR) is 102 cm³/mol. The molecule has 0 bridgehead atoms. The van der Waals surface area contributed by atoms with Gasteiger partial charge < -0.3 is 15.1 Å². The Balaban J connectivity index is 1.41. The SMILES string of the molecule is Cc1nc(N2CCCC2)ccc1NC(=O)N1CCCC(c2ccn[nH]2)C1. The molecule has 0 radical (unpaired) electrons. The van der Waals surface area contributed by atoms with Gasteiger partial charge in [-0.1, -0.05) is 0 Å². The monoisotopic (exact) mass is 354 g/mol. The van der Waals surface area contributed by atoms with Crippen LogP contribution in [0, 0.1) is 6.92 Å². The molecule has 1 unspecified atom stereocenters. The molecule has 0 aromatic carbocycles. The molecular weight excluding hydrogens is 328 g/mol. The summed E-state index contributed by atoms with van der Waals surface area (Å²) in [6, 6.07) is 5.94. The van der Waals surface area contributed by atoms with Crippen molar-refractivity contribution < 1.29 is 4.79 Å². The second kappa shape index (κ2) is 7.35. The lowest BCUT2D eigenvalue weighted by molar-refractivity contribution is 0.192. The van der Waals surface area contributed by atoms with E-state index in [-0.39, 0.29) is 6.03 Å². The van der Waals surface area contributed by atoms with Crippen molar-refractivity contribution in [3.8, 4) is 0 Å². The number of anilines is 2. The number of piperidine rings is 1. The lowest BCUT2D eigenvalue weighted by Crippen LogP contribution is -2.41. The van der Waals surface area contributed by atoms with E-state index in [1.54, 1.807) is 6.20 Å². The molecule has 2 saturated heterocycles. The molecule has 2 aliphatic heterocycles. The molecule has 2 aromatic heterocycles. The first-order chi connectivity index (χ1) is 12.7. The summed E-state index contributed by atoms with van der Waals surface area (Å²) in [6.07, 6.45) is 6.31. The van der Waals surface area contributed by atoms with Gasteiger partial charge in [0.15, 0.2) is 0 Å². The van der Waals surface area contributed by atoms with E-state index in [0.29, 0.717) is 12.5 Å². The molecule has 2 fully saturated rings. The lowest BCUT2D eigenvalue weighted by Gasteiger charge is -2.32. The van der Waals surface area contributed by atoms with Gasteiger partial charge in [0, 0.05) is 44.0 Å². The van der Waals surface area contributed by atoms with E-state index in [0.717, 1.165) is 55.4 Å². The molecule has 7 heteroatoms. The van der Waals surface area contributed by atoms with Gasteiger partial charge in [0.1, 0.15) is 5.82 Å². The van der Waals surface area contributed by atoms with Crippen molar-refractivity contribution >= 4 is 17.5 Å². The average Bonchev–Trinajstić information content (AvgIpc) is 3.37. The standard InChI is InChI=1S/C19H26N6O/c1-14-16(6-7-18(21-14)24-10-2-3-11-24)22-19(26)25-12-4-5-15(13-25)17-8-9-20-23-17/h6-9,15H,2-5,10-13H2,1H3,(H,20,23)(H,22,26). The van der Waals surface area contributed by atoms with Crippen LogP contribution in [0.15, 0.2) is 24.4 Å². The van der Waals surface area contributed by atoms with Gasteiger partial charge in [-0.2, -0.15) is 5.10 Å². The van der Waals surface area contributed by atoms with Crippen LogP contribution in [0.25, 0.3) is 0 Å². The molecule has 138 valence electrons. The van der Waals surface area contributed by atoms with Crippen LogP contribution in [-0.2, 0) is 0 Å². The third-order valence-electron chi connectivity index (χ3n) is 5.41. The van der Waals surface area contributed by atoms with E-state index in [4.69, 9.17) is 0 Å². The summed E-state index contributed by atoms with van der Waals surface area (Å²) in [7, 11) is 0. The molecule has 2 aliphatic rings. The summed E-state index contributed by atoms with van der Waals surface area (Å²) in [6.45, 7) is 5.60. The molecule has 2 aromatic rings. The van der Waals surface area contributed by atoms with Gasteiger partial charge in [-0.3, -0.25) is 5.10 Å². The number of carbonyl (C=O) groups excluding carboxylic acids is 1. The third-order valence-corrected chi connectivity index (χ3v) is 5.41. The number of H-pyrrole nitrogens is 1. The van der Waals surface area contributed by atoms with Crippen LogP contribution in [0.5, 0.6) is 0 Å². The Morgan fingerprint density at radius 2 is 2.04 bits per heavy atom. The van der Waals surface area contributed by atoms with Gasteiger partial charge in [-0.25, -0.2) is 9.78 Å². The highest BCUT2D eigenvalue weighted by Crippen LogP contribution is 2.26. The van der Waals surface area contributed by atoms with Crippen molar-refractivity contribution in [3.05, 3.63) is 35.8 Å². The Morgan fingerprint density at radius 1 is 1.19 bits per heavy atom. The molecule has 4 heterocycles. The first-order valence-electron chi connectivity index (χ1n) is 9.48. The second-order valence-corrected chi connectivity index (χ2v) is 7.22. The van der Waals surface area contributed by atoms with Crippen LogP contribution in [0.4, 0.5) is 16.3 Å². The van der Waals surface area contributed by atoms with E-state index < -0.39 is 0 Å². The van der Waals surface area contributed by atoms with Gasteiger partial charge in [-0.05, 0) is 50.8 Å². The minimum atomic E-state index is -0.0481. The predicted octanol–water partition coefficient (Wildman–Crippen LogP) is 3.12. The normalized spacial score (nSPS) is 20.4. The van der Waals surface area contributed by atoms with Crippen LogP contribution < -0.4 is 10.2 Å². The molecule has 2 amide bonds. The summed E-state index contributed by atoms with van der Waals surface area (Å²) >= 11 is 0. The number of urea groups is 1. The molecule has 0 spiro atoms. The minimum absolute atomic E-state index is 0.0481. The Bertz CT molecular complexity index is 753. The van der Waals surface area contributed by atoms with E-state index in [1.807, 2.05) is 30.0 Å². The summed E-state index contributed by atoms with van der Waals surface area (Å²) in [4.78, 5) is 21.6. The molecule has 26 heavy (non-hydrogen) atoms. The second-order valence-electron chi connectivity index (χ2n) is 7.22. The first kappa shape index (κ1) is 16.9. The number of rotatable bonds is 3. The van der Waals surface area contributed by atoms with Crippen molar-refractivity contribution in [2.45, 2.75) is 38.5 Å². The van der Waals surface area contributed by atoms with Crippen molar-refractivity contribution in [2.75, 3.05) is 36.4 Å². The Labute approximate surface area is 153 Å². The highest BCUT2D eigenvalue weighted by molar-refractivity contribution is 5.90. The summed E-state index contributed by atoms with van der Waals surface area (Å²) in [5.74, 6) is 1.34. The Kier molecular flexibility index (Phi) is 4.77. The number of pyridine rings is 1. The zero-order chi connectivity index (χ0) is 17.9. The largest absolute Gasteiger partial charge is 0.357 e. The van der Waals surface area contributed by atoms with Crippen molar-refractivity contribution in [1.29, 1.82) is 0 Å². The van der Waals surface area contributed by atoms with Gasteiger partial charge in [0.25, 0.3) is 0 Å². The number of hydrogen-bond donors (Lipinski definition) is 2. The van der Waals surface area contributed by atoms with Crippen LogP contribution in [0.2, 0.25) is 0 Å². The van der Waals surface area contributed by atoms with E-state index in [9.17, 15) is 4.79 Å². The number of nitrogens with zero attached hydrogens (tertiary/aromatic N) is 4. The van der Waals surface area contributed by atoms with Crippen molar-refractivity contribution in [2.24, 2.45) is 0 Å². The molecule has 0 aliphatic carbocycles. The van der Waals surface area contributed by atoms with Crippen LogP contribution in [0.1, 0.15) is 43.0 Å². The fraction of sp³-hybridized carbons (Fsp3) is 0.526. The van der Waals surface area contributed by atoms with Gasteiger partial charge in [0.05, 0.1) is 11.4 Å². The molecule has 1 atom stereocenters. The number of likely N-dealkylation sites (tertiary alicyclic amines) is 1. The molecule has 4 rings (SSSR count). The highest BCUT2D eigenvalue weighted by atomic mass is 16.2. The number of nitrogens with one attached hydrogen (secondary N) is 2. The molecule has 0 saturated carbocycles. The van der Waals surface area contributed by atoms with Crippen molar-refractivity contribution in [1.82, 2.24) is 20.1 Å². The maximum absolute atomic E-state index is 12.7. The fourth-order valence-electron chi connectivity index (χ4n) is 3.91. The number of carbonyl (C=O) groups is 1. The third kappa shape index (κ3) is 3.52. The maximum atomic E-state index is 12.7. The summed E-state index contributed by atoms with van der Waals surface area (Å²) in [5, 5.41) is 10.1. The van der Waals surface area contributed by atoms with Crippen LogP contribution in [-0.4, -0.2) is 52.3 Å². The lowest BCUT2D eigenvalue weighted by atomic mass is 9.95. The molecular formula is C19H26N6O.